The molecule has 0 saturated carbocycles. The molecule has 0 N–H and O–H groups in total. The second-order valence-electron chi connectivity index (χ2n) is 5.51. The zero-order valence-corrected chi connectivity index (χ0v) is 13.7. The molecular formula is C19H21NO4. The summed E-state index contributed by atoms with van der Waals surface area (Å²) >= 11 is 0. The van der Waals surface area contributed by atoms with Gasteiger partial charge in [0.25, 0.3) is 5.91 Å². The van der Waals surface area contributed by atoms with E-state index in [9.17, 15) is 4.79 Å². The lowest BCUT2D eigenvalue weighted by Crippen LogP contribution is -2.43. The third kappa shape index (κ3) is 3.86. The van der Waals surface area contributed by atoms with Gasteiger partial charge in [-0.2, -0.15) is 0 Å². The molecule has 0 spiro atoms. The van der Waals surface area contributed by atoms with Crippen LogP contribution in [0.1, 0.15) is 0 Å². The van der Waals surface area contributed by atoms with Gasteiger partial charge in [0.15, 0.2) is 6.61 Å². The van der Waals surface area contributed by atoms with Gasteiger partial charge in [0.1, 0.15) is 11.5 Å². The monoisotopic (exact) mass is 327 g/mol. The number of hydrogen-bond acceptors (Lipinski definition) is 4. The largest absolute Gasteiger partial charge is 0.497 e. The van der Waals surface area contributed by atoms with E-state index in [1.54, 1.807) is 12.0 Å². The zero-order valence-electron chi connectivity index (χ0n) is 13.7. The van der Waals surface area contributed by atoms with E-state index in [-0.39, 0.29) is 12.5 Å². The summed E-state index contributed by atoms with van der Waals surface area (Å²) in [5, 5.41) is 0. The van der Waals surface area contributed by atoms with Crippen LogP contribution in [0.25, 0.3) is 11.1 Å². The minimum atomic E-state index is -0.0203. The van der Waals surface area contributed by atoms with Gasteiger partial charge in [0.2, 0.25) is 0 Å². The fourth-order valence-electron chi connectivity index (χ4n) is 2.65. The molecule has 1 amide bonds. The first-order valence-corrected chi connectivity index (χ1v) is 7.99. The van der Waals surface area contributed by atoms with E-state index < -0.39 is 0 Å². The number of amides is 1. The Morgan fingerprint density at radius 3 is 2.58 bits per heavy atom. The molecule has 1 aliphatic rings. The van der Waals surface area contributed by atoms with Crippen molar-refractivity contribution in [1.82, 2.24) is 4.90 Å². The van der Waals surface area contributed by atoms with Gasteiger partial charge < -0.3 is 19.1 Å². The molecule has 1 saturated heterocycles. The summed E-state index contributed by atoms with van der Waals surface area (Å²) < 4.78 is 16.4. The number of carbonyl (C=O) groups is 1. The normalized spacial score (nSPS) is 14.3. The Bertz CT molecular complexity index is 681. The van der Waals surface area contributed by atoms with E-state index in [0.717, 1.165) is 16.9 Å². The summed E-state index contributed by atoms with van der Waals surface area (Å²) in [4.78, 5) is 14.0. The zero-order chi connectivity index (χ0) is 16.8. The van der Waals surface area contributed by atoms with Crippen LogP contribution in [0.15, 0.2) is 48.5 Å². The second-order valence-corrected chi connectivity index (χ2v) is 5.51. The van der Waals surface area contributed by atoms with Crippen LogP contribution in [0.3, 0.4) is 0 Å². The van der Waals surface area contributed by atoms with Crippen LogP contribution in [0, 0.1) is 0 Å². The topological polar surface area (TPSA) is 48.0 Å². The fraction of sp³-hybridized carbons (Fsp3) is 0.316. The molecule has 0 atom stereocenters. The number of hydrogen-bond donors (Lipinski definition) is 0. The van der Waals surface area contributed by atoms with Crippen molar-refractivity contribution in [1.29, 1.82) is 0 Å². The van der Waals surface area contributed by atoms with E-state index in [4.69, 9.17) is 14.2 Å². The highest BCUT2D eigenvalue weighted by Crippen LogP contribution is 2.33. The van der Waals surface area contributed by atoms with Crippen molar-refractivity contribution in [2.75, 3.05) is 40.0 Å². The van der Waals surface area contributed by atoms with Crippen molar-refractivity contribution < 1.29 is 19.0 Å². The molecule has 1 heterocycles. The summed E-state index contributed by atoms with van der Waals surface area (Å²) in [6.45, 7) is 2.44. The lowest BCUT2D eigenvalue weighted by molar-refractivity contribution is -0.137. The van der Waals surface area contributed by atoms with Crippen LogP contribution in [-0.4, -0.2) is 50.8 Å². The molecule has 0 radical (unpaired) electrons. The van der Waals surface area contributed by atoms with E-state index in [0.29, 0.717) is 32.1 Å². The molecule has 5 heteroatoms. The van der Waals surface area contributed by atoms with Crippen molar-refractivity contribution in [3.05, 3.63) is 48.5 Å². The van der Waals surface area contributed by atoms with Crippen molar-refractivity contribution in [3.8, 4) is 22.6 Å². The van der Waals surface area contributed by atoms with Gasteiger partial charge in [-0.1, -0.05) is 30.3 Å². The number of benzene rings is 2. The average molecular weight is 327 g/mol. The Hall–Kier alpha value is -2.53. The van der Waals surface area contributed by atoms with E-state index in [2.05, 4.69) is 0 Å². The van der Waals surface area contributed by atoms with Gasteiger partial charge in [-0.25, -0.2) is 0 Å². The molecule has 0 bridgehead atoms. The summed E-state index contributed by atoms with van der Waals surface area (Å²) in [7, 11) is 1.63. The van der Waals surface area contributed by atoms with Gasteiger partial charge in [0, 0.05) is 18.7 Å². The number of morpholine rings is 1. The molecule has 5 nitrogen and oxygen atoms in total. The van der Waals surface area contributed by atoms with Crippen molar-refractivity contribution in [2.45, 2.75) is 0 Å². The van der Waals surface area contributed by atoms with Crippen LogP contribution in [0.4, 0.5) is 0 Å². The molecule has 0 aliphatic carbocycles. The van der Waals surface area contributed by atoms with Gasteiger partial charge in [0.05, 0.1) is 20.3 Å². The van der Waals surface area contributed by atoms with E-state index in [1.807, 2.05) is 48.5 Å². The molecule has 1 fully saturated rings. The van der Waals surface area contributed by atoms with Crippen LogP contribution in [0.5, 0.6) is 11.5 Å². The van der Waals surface area contributed by atoms with Crippen LogP contribution in [-0.2, 0) is 9.53 Å². The lowest BCUT2D eigenvalue weighted by Gasteiger charge is -2.26. The first-order chi connectivity index (χ1) is 11.8. The summed E-state index contributed by atoms with van der Waals surface area (Å²) in [6.07, 6.45) is 0. The number of ether oxygens (including phenoxy) is 3. The summed E-state index contributed by atoms with van der Waals surface area (Å²) in [6, 6.07) is 15.5. The summed E-state index contributed by atoms with van der Waals surface area (Å²) in [5.41, 5.74) is 1.93. The highest BCUT2D eigenvalue weighted by molar-refractivity contribution is 5.79. The van der Waals surface area contributed by atoms with E-state index in [1.165, 1.54) is 0 Å². The van der Waals surface area contributed by atoms with Crippen LogP contribution in [0.2, 0.25) is 0 Å². The molecule has 2 aromatic rings. The quantitative estimate of drug-likeness (QED) is 0.847. The Balaban J connectivity index is 1.76. The minimum absolute atomic E-state index is 0.0200. The Kier molecular flexibility index (Phi) is 5.33. The molecule has 1 aliphatic heterocycles. The number of rotatable bonds is 5. The third-order valence-corrected chi connectivity index (χ3v) is 3.99. The van der Waals surface area contributed by atoms with Crippen molar-refractivity contribution in [3.63, 3.8) is 0 Å². The maximum absolute atomic E-state index is 12.3. The Morgan fingerprint density at radius 2 is 1.88 bits per heavy atom. The maximum Gasteiger partial charge on any atom is 0.260 e. The molecule has 0 aromatic heterocycles. The lowest BCUT2D eigenvalue weighted by atomic mass is 10.0. The van der Waals surface area contributed by atoms with Gasteiger partial charge in [-0.15, -0.1) is 0 Å². The smallest absolute Gasteiger partial charge is 0.260 e. The van der Waals surface area contributed by atoms with Crippen LogP contribution >= 0.6 is 0 Å². The average Bonchev–Trinajstić information content (AvgIpc) is 2.67. The number of carbonyl (C=O) groups excluding carboxylic acids is 1. The second kappa shape index (κ2) is 7.84. The minimum Gasteiger partial charge on any atom is -0.497 e. The Labute approximate surface area is 141 Å². The third-order valence-electron chi connectivity index (χ3n) is 3.99. The molecule has 24 heavy (non-hydrogen) atoms. The van der Waals surface area contributed by atoms with Crippen molar-refractivity contribution >= 4 is 5.91 Å². The van der Waals surface area contributed by atoms with Crippen molar-refractivity contribution in [2.24, 2.45) is 0 Å². The molecule has 126 valence electrons. The number of nitrogens with zero attached hydrogens (tertiary/aromatic N) is 1. The molecule has 3 rings (SSSR count). The van der Waals surface area contributed by atoms with Crippen LogP contribution < -0.4 is 9.47 Å². The van der Waals surface area contributed by atoms with E-state index >= 15 is 0 Å². The maximum atomic E-state index is 12.3. The van der Waals surface area contributed by atoms with Gasteiger partial charge >= 0.3 is 0 Å². The standard InChI is InChI=1S/C19H21NO4/c1-22-16-7-8-18(17(13-16)15-5-3-2-4-6-15)24-14-19(21)20-9-11-23-12-10-20/h2-8,13H,9-12,14H2,1H3. The summed E-state index contributed by atoms with van der Waals surface area (Å²) in [5.74, 6) is 1.40. The molecule has 2 aromatic carbocycles. The SMILES string of the molecule is COc1ccc(OCC(=O)N2CCOCC2)c(-c2ccccc2)c1. The number of methoxy groups -OCH3 is 1. The predicted molar refractivity (Wildman–Crippen MR) is 91.3 cm³/mol. The predicted octanol–water partition coefficient (Wildman–Crippen LogP) is 2.60. The first-order valence-electron chi connectivity index (χ1n) is 7.99. The highest BCUT2D eigenvalue weighted by atomic mass is 16.5. The Morgan fingerprint density at radius 1 is 1.12 bits per heavy atom. The highest BCUT2D eigenvalue weighted by Gasteiger charge is 2.18. The van der Waals surface area contributed by atoms with Gasteiger partial charge in [-0.05, 0) is 23.8 Å². The fourth-order valence-corrected chi connectivity index (χ4v) is 2.65. The first kappa shape index (κ1) is 16.3. The van der Waals surface area contributed by atoms with Gasteiger partial charge in [-0.3, -0.25) is 4.79 Å². The molecule has 0 unspecified atom stereocenters. The molecular weight excluding hydrogens is 306 g/mol.